The number of amidine groups is 1. The van der Waals surface area contributed by atoms with Crippen LogP contribution in [0.4, 0.5) is 13.2 Å². The lowest BCUT2D eigenvalue weighted by Crippen LogP contribution is -2.35. The lowest BCUT2D eigenvalue weighted by Gasteiger charge is -2.24. The number of alkyl halides is 3. The monoisotopic (exact) mass is 211 g/mol. The highest BCUT2D eigenvalue weighted by Gasteiger charge is 2.27. The van der Waals surface area contributed by atoms with E-state index < -0.39 is 12.6 Å². The van der Waals surface area contributed by atoms with Crippen LogP contribution in [0, 0.1) is 5.41 Å². The fraction of sp³-hybridized carbons (Fsp3) is 0.875. The van der Waals surface area contributed by atoms with E-state index in [2.05, 4.69) is 0 Å². The smallest absolute Gasteiger partial charge is 0.388 e. The third-order valence-corrected chi connectivity index (χ3v) is 2.02. The maximum atomic E-state index is 11.8. The number of rotatable bonds is 5. The van der Waals surface area contributed by atoms with Crippen LogP contribution in [-0.2, 0) is 0 Å². The van der Waals surface area contributed by atoms with Gasteiger partial charge in [-0.1, -0.05) is 0 Å². The molecule has 0 spiro atoms. The molecule has 84 valence electrons. The van der Waals surface area contributed by atoms with Crippen molar-refractivity contribution < 1.29 is 13.2 Å². The molecule has 0 radical (unpaired) electrons. The SMILES string of the molecule is CC(CC(=N)N)N(C)CCC(F)(F)F. The van der Waals surface area contributed by atoms with E-state index in [-0.39, 0.29) is 18.4 Å². The molecule has 3 N–H and O–H groups in total. The Balaban J connectivity index is 3.84. The highest BCUT2D eigenvalue weighted by atomic mass is 19.4. The van der Waals surface area contributed by atoms with Gasteiger partial charge in [0.05, 0.1) is 12.3 Å². The molecule has 0 rings (SSSR count). The predicted octanol–water partition coefficient (Wildman–Crippen LogP) is 1.59. The molecule has 0 saturated carbocycles. The van der Waals surface area contributed by atoms with E-state index in [4.69, 9.17) is 11.1 Å². The van der Waals surface area contributed by atoms with Crippen molar-refractivity contribution in [3.8, 4) is 0 Å². The zero-order chi connectivity index (χ0) is 11.4. The normalized spacial score (nSPS) is 14.4. The first-order chi connectivity index (χ1) is 6.22. The fourth-order valence-corrected chi connectivity index (χ4v) is 0.998. The predicted molar refractivity (Wildman–Crippen MR) is 49.3 cm³/mol. The summed E-state index contributed by atoms with van der Waals surface area (Å²) in [5.41, 5.74) is 5.15. The van der Waals surface area contributed by atoms with Crippen LogP contribution in [0.25, 0.3) is 0 Å². The van der Waals surface area contributed by atoms with Crippen molar-refractivity contribution in [2.24, 2.45) is 5.73 Å². The summed E-state index contributed by atoms with van der Waals surface area (Å²) in [6.07, 6.45) is -4.65. The average Bonchev–Trinajstić information content (AvgIpc) is 1.97. The third kappa shape index (κ3) is 6.71. The summed E-state index contributed by atoms with van der Waals surface area (Å²) in [5, 5.41) is 7.00. The molecule has 0 bridgehead atoms. The summed E-state index contributed by atoms with van der Waals surface area (Å²) >= 11 is 0. The molecule has 1 unspecified atom stereocenters. The van der Waals surface area contributed by atoms with Crippen molar-refractivity contribution in [2.45, 2.75) is 32.0 Å². The van der Waals surface area contributed by atoms with Gasteiger partial charge in [0.25, 0.3) is 0 Å². The van der Waals surface area contributed by atoms with Crippen molar-refractivity contribution in [1.82, 2.24) is 4.90 Å². The van der Waals surface area contributed by atoms with Crippen LogP contribution in [-0.4, -0.2) is 36.5 Å². The van der Waals surface area contributed by atoms with Crippen molar-refractivity contribution in [2.75, 3.05) is 13.6 Å². The maximum absolute atomic E-state index is 11.8. The van der Waals surface area contributed by atoms with E-state index in [1.807, 2.05) is 0 Å². The van der Waals surface area contributed by atoms with Gasteiger partial charge in [0.15, 0.2) is 0 Å². The van der Waals surface area contributed by atoms with Gasteiger partial charge in [0.1, 0.15) is 0 Å². The molecule has 0 aliphatic rings. The number of hydrogen-bond donors (Lipinski definition) is 2. The van der Waals surface area contributed by atoms with Crippen molar-refractivity contribution in [1.29, 1.82) is 5.41 Å². The Labute approximate surface area is 81.6 Å². The van der Waals surface area contributed by atoms with E-state index >= 15 is 0 Å². The zero-order valence-electron chi connectivity index (χ0n) is 8.36. The molecule has 0 aliphatic carbocycles. The van der Waals surface area contributed by atoms with Crippen LogP contribution < -0.4 is 5.73 Å². The second-order valence-corrected chi connectivity index (χ2v) is 3.42. The molecule has 0 amide bonds. The minimum atomic E-state index is -4.12. The molecule has 0 aromatic heterocycles. The molecular weight excluding hydrogens is 195 g/mol. The quantitative estimate of drug-likeness (QED) is 0.536. The molecular formula is C8H16F3N3. The molecule has 6 heteroatoms. The Hall–Kier alpha value is -0.780. The Morgan fingerprint density at radius 2 is 2.00 bits per heavy atom. The highest BCUT2D eigenvalue weighted by Crippen LogP contribution is 2.20. The summed E-state index contributed by atoms with van der Waals surface area (Å²) in [7, 11) is 1.60. The molecule has 0 fully saturated rings. The van der Waals surface area contributed by atoms with E-state index in [9.17, 15) is 13.2 Å². The largest absolute Gasteiger partial charge is 0.390 e. The lowest BCUT2D eigenvalue weighted by atomic mass is 10.2. The standard InChI is InChI=1S/C8H16F3N3/c1-6(5-7(12)13)14(2)4-3-8(9,10)11/h6H,3-5H2,1-2H3,(H3,12,13). The van der Waals surface area contributed by atoms with Crippen LogP contribution in [0.2, 0.25) is 0 Å². The summed E-state index contributed by atoms with van der Waals surface area (Å²) in [6.45, 7) is 1.69. The third-order valence-electron chi connectivity index (χ3n) is 2.02. The molecule has 0 saturated heterocycles. The topological polar surface area (TPSA) is 53.1 Å². The number of nitrogens with two attached hydrogens (primary N) is 1. The van der Waals surface area contributed by atoms with Gasteiger partial charge in [-0.25, -0.2) is 0 Å². The van der Waals surface area contributed by atoms with E-state index in [1.165, 1.54) is 0 Å². The highest BCUT2D eigenvalue weighted by molar-refractivity contribution is 5.77. The van der Waals surface area contributed by atoms with Crippen LogP contribution in [0.15, 0.2) is 0 Å². The molecule has 1 atom stereocenters. The van der Waals surface area contributed by atoms with Crippen molar-refractivity contribution in [3.05, 3.63) is 0 Å². The van der Waals surface area contributed by atoms with Gasteiger partial charge < -0.3 is 10.6 Å². The maximum Gasteiger partial charge on any atom is 0.390 e. The summed E-state index contributed by atoms with van der Waals surface area (Å²) < 4.78 is 35.5. The van der Waals surface area contributed by atoms with Gasteiger partial charge in [-0.3, -0.25) is 5.41 Å². The van der Waals surface area contributed by atoms with Crippen LogP contribution in [0.1, 0.15) is 19.8 Å². The Bertz CT molecular complexity index is 191. The number of nitrogens with zero attached hydrogens (tertiary/aromatic N) is 1. The van der Waals surface area contributed by atoms with E-state index in [1.54, 1.807) is 18.9 Å². The summed E-state index contributed by atoms with van der Waals surface area (Å²) in [4.78, 5) is 1.55. The van der Waals surface area contributed by atoms with E-state index in [0.29, 0.717) is 6.42 Å². The fourth-order valence-electron chi connectivity index (χ4n) is 0.998. The van der Waals surface area contributed by atoms with Crippen LogP contribution in [0.5, 0.6) is 0 Å². The second-order valence-electron chi connectivity index (χ2n) is 3.42. The zero-order valence-corrected chi connectivity index (χ0v) is 8.36. The minimum absolute atomic E-state index is 0.00337. The minimum Gasteiger partial charge on any atom is -0.388 e. The van der Waals surface area contributed by atoms with Gasteiger partial charge in [-0.05, 0) is 14.0 Å². The van der Waals surface area contributed by atoms with Gasteiger partial charge in [0, 0.05) is 19.0 Å². The molecule has 0 aromatic carbocycles. The Kier molecular flexibility index (Phi) is 4.90. The van der Waals surface area contributed by atoms with Gasteiger partial charge >= 0.3 is 6.18 Å². The van der Waals surface area contributed by atoms with Gasteiger partial charge in [-0.15, -0.1) is 0 Å². The van der Waals surface area contributed by atoms with Crippen LogP contribution >= 0.6 is 0 Å². The number of nitrogens with one attached hydrogen (secondary N) is 1. The van der Waals surface area contributed by atoms with Crippen molar-refractivity contribution >= 4 is 5.84 Å². The molecule has 3 nitrogen and oxygen atoms in total. The van der Waals surface area contributed by atoms with E-state index in [0.717, 1.165) is 0 Å². The number of halogens is 3. The summed E-state index contributed by atoms with van der Waals surface area (Å²) in [6, 6.07) is -0.130. The van der Waals surface area contributed by atoms with Crippen LogP contribution in [0.3, 0.4) is 0 Å². The van der Waals surface area contributed by atoms with Gasteiger partial charge in [0.2, 0.25) is 0 Å². The lowest BCUT2D eigenvalue weighted by molar-refractivity contribution is -0.138. The first-order valence-corrected chi connectivity index (χ1v) is 4.32. The number of hydrogen-bond acceptors (Lipinski definition) is 2. The Morgan fingerprint density at radius 3 is 2.36 bits per heavy atom. The molecule has 0 aromatic rings. The summed E-state index contributed by atoms with van der Waals surface area (Å²) in [5.74, 6) is -0.00337. The second kappa shape index (κ2) is 5.19. The first-order valence-electron chi connectivity index (χ1n) is 4.32. The molecule has 14 heavy (non-hydrogen) atoms. The molecule has 0 heterocycles. The van der Waals surface area contributed by atoms with Gasteiger partial charge in [-0.2, -0.15) is 13.2 Å². The Morgan fingerprint density at radius 1 is 1.50 bits per heavy atom. The van der Waals surface area contributed by atoms with Crippen molar-refractivity contribution in [3.63, 3.8) is 0 Å². The first kappa shape index (κ1) is 13.2. The molecule has 0 aliphatic heterocycles. The average molecular weight is 211 g/mol.